The molecule has 17 heavy (non-hydrogen) atoms. The van der Waals surface area contributed by atoms with E-state index in [1.165, 1.54) is 18.3 Å². The Labute approximate surface area is 99.2 Å². The zero-order chi connectivity index (χ0) is 12.3. The third-order valence-electron chi connectivity index (χ3n) is 2.79. The summed E-state index contributed by atoms with van der Waals surface area (Å²) in [6.07, 6.45) is 3.46. The molecule has 6 heteroatoms. The van der Waals surface area contributed by atoms with Crippen LogP contribution in [0.25, 0.3) is 0 Å². The van der Waals surface area contributed by atoms with Crippen LogP contribution in [0.1, 0.15) is 19.8 Å². The van der Waals surface area contributed by atoms with Crippen molar-refractivity contribution in [3.05, 3.63) is 28.4 Å². The van der Waals surface area contributed by atoms with Gasteiger partial charge in [0, 0.05) is 24.9 Å². The molecule has 1 N–H and O–H groups in total. The monoisotopic (exact) mass is 237 g/mol. The molecule has 2 heterocycles. The lowest BCUT2D eigenvalue weighted by molar-refractivity contribution is -0.384. The highest BCUT2D eigenvalue weighted by Gasteiger charge is 2.19. The molecule has 1 fully saturated rings. The molecule has 2 atom stereocenters. The van der Waals surface area contributed by atoms with Crippen molar-refractivity contribution in [2.24, 2.45) is 0 Å². The zero-order valence-corrected chi connectivity index (χ0v) is 9.63. The molecule has 0 bridgehead atoms. The van der Waals surface area contributed by atoms with E-state index in [9.17, 15) is 10.1 Å². The fourth-order valence-electron chi connectivity index (χ4n) is 1.95. The van der Waals surface area contributed by atoms with Gasteiger partial charge in [0.2, 0.25) is 0 Å². The SMILES string of the molecule is CC1CC(Nc2cc([N+](=O)[O-])ccn2)CCO1. The van der Waals surface area contributed by atoms with Crippen molar-refractivity contribution >= 4 is 11.5 Å². The molecule has 1 aliphatic heterocycles. The minimum Gasteiger partial charge on any atom is -0.378 e. The van der Waals surface area contributed by atoms with Gasteiger partial charge in [-0.05, 0) is 19.8 Å². The smallest absolute Gasteiger partial charge is 0.274 e. The van der Waals surface area contributed by atoms with Gasteiger partial charge >= 0.3 is 0 Å². The normalized spacial score (nSPS) is 24.3. The molecule has 2 rings (SSSR count). The first-order chi connectivity index (χ1) is 8.15. The molecule has 6 nitrogen and oxygen atoms in total. The highest BCUT2D eigenvalue weighted by molar-refractivity contribution is 5.44. The Morgan fingerprint density at radius 1 is 1.65 bits per heavy atom. The molecule has 0 aromatic carbocycles. The van der Waals surface area contributed by atoms with E-state index in [2.05, 4.69) is 10.3 Å². The number of ether oxygens (including phenoxy) is 1. The largest absolute Gasteiger partial charge is 0.378 e. The van der Waals surface area contributed by atoms with Crippen LogP contribution in [-0.4, -0.2) is 28.7 Å². The second kappa shape index (κ2) is 5.09. The van der Waals surface area contributed by atoms with Crippen molar-refractivity contribution in [3.8, 4) is 0 Å². The number of hydrogen-bond acceptors (Lipinski definition) is 5. The summed E-state index contributed by atoms with van der Waals surface area (Å²) < 4.78 is 5.44. The van der Waals surface area contributed by atoms with Crippen LogP contribution in [0.4, 0.5) is 11.5 Å². The molecule has 0 aliphatic carbocycles. The number of rotatable bonds is 3. The summed E-state index contributed by atoms with van der Waals surface area (Å²) in [6.45, 7) is 2.74. The Hall–Kier alpha value is -1.69. The van der Waals surface area contributed by atoms with Crippen molar-refractivity contribution in [2.75, 3.05) is 11.9 Å². The van der Waals surface area contributed by atoms with E-state index in [4.69, 9.17) is 4.74 Å². The third-order valence-corrected chi connectivity index (χ3v) is 2.79. The lowest BCUT2D eigenvalue weighted by atomic mass is 10.0. The van der Waals surface area contributed by atoms with Crippen LogP contribution in [0.5, 0.6) is 0 Å². The van der Waals surface area contributed by atoms with Crippen LogP contribution in [-0.2, 0) is 4.74 Å². The second-order valence-corrected chi connectivity index (χ2v) is 4.20. The zero-order valence-electron chi connectivity index (χ0n) is 9.63. The molecule has 1 saturated heterocycles. The summed E-state index contributed by atoms with van der Waals surface area (Å²) in [5.74, 6) is 0.554. The Kier molecular flexibility index (Phi) is 3.53. The van der Waals surface area contributed by atoms with Gasteiger partial charge in [-0.25, -0.2) is 4.98 Å². The van der Waals surface area contributed by atoms with Crippen molar-refractivity contribution in [2.45, 2.75) is 31.9 Å². The predicted octanol–water partition coefficient (Wildman–Crippen LogP) is 1.97. The van der Waals surface area contributed by atoms with Crippen LogP contribution in [0.2, 0.25) is 0 Å². The quantitative estimate of drug-likeness (QED) is 0.642. The van der Waals surface area contributed by atoms with Gasteiger partial charge in [0.25, 0.3) is 5.69 Å². The maximum atomic E-state index is 10.6. The number of nitrogens with zero attached hydrogens (tertiary/aromatic N) is 2. The van der Waals surface area contributed by atoms with E-state index in [1.54, 1.807) is 0 Å². The third kappa shape index (κ3) is 3.13. The van der Waals surface area contributed by atoms with E-state index in [0.717, 1.165) is 12.8 Å². The predicted molar refractivity (Wildman–Crippen MR) is 63.0 cm³/mol. The molecule has 0 amide bonds. The molecular weight excluding hydrogens is 222 g/mol. The summed E-state index contributed by atoms with van der Waals surface area (Å²) in [5.41, 5.74) is 0.0580. The lowest BCUT2D eigenvalue weighted by Crippen LogP contribution is -2.32. The Bertz CT molecular complexity index is 411. The van der Waals surface area contributed by atoms with Crippen molar-refractivity contribution in [1.29, 1.82) is 0 Å². The first kappa shape index (κ1) is 11.8. The fourth-order valence-corrected chi connectivity index (χ4v) is 1.95. The van der Waals surface area contributed by atoms with Crippen molar-refractivity contribution in [3.63, 3.8) is 0 Å². The summed E-state index contributed by atoms with van der Waals surface area (Å²) in [5, 5.41) is 13.8. The van der Waals surface area contributed by atoms with Crippen molar-refractivity contribution in [1.82, 2.24) is 4.98 Å². The molecule has 1 aromatic rings. The molecule has 1 aromatic heterocycles. The van der Waals surface area contributed by atoms with Gasteiger partial charge in [-0.1, -0.05) is 0 Å². The van der Waals surface area contributed by atoms with Gasteiger partial charge in [-0.2, -0.15) is 0 Å². The van der Waals surface area contributed by atoms with E-state index >= 15 is 0 Å². The molecule has 92 valence electrons. The molecular formula is C11H15N3O3. The van der Waals surface area contributed by atoms with Gasteiger partial charge in [0.15, 0.2) is 0 Å². The highest BCUT2D eigenvalue weighted by Crippen LogP contribution is 2.20. The topological polar surface area (TPSA) is 77.3 Å². The summed E-state index contributed by atoms with van der Waals surface area (Å²) in [7, 11) is 0. The Morgan fingerprint density at radius 3 is 3.18 bits per heavy atom. The maximum Gasteiger partial charge on any atom is 0.274 e. The number of anilines is 1. The number of hydrogen-bond donors (Lipinski definition) is 1. The highest BCUT2D eigenvalue weighted by atomic mass is 16.6. The lowest BCUT2D eigenvalue weighted by Gasteiger charge is -2.28. The van der Waals surface area contributed by atoms with E-state index in [0.29, 0.717) is 12.4 Å². The maximum absolute atomic E-state index is 10.6. The van der Waals surface area contributed by atoms with Crippen LogP contribution < -0.4 is 5.32 Å². The Balaban J connectivity index is 2.02. The van der Waals surface area contributed by atoms with E-state index in [-0.39, 0.29) is 17.8 Å². The average molecular weight is 237 g/mol. The number of pyridine rings is 1. The van der Waals surface area contributed by atoms with Crippen LogP contribution in [0.15, 0.2) is 18.3 Å². The first-order valence-electron chi connectivity index (χ1n) is 5.64. The number of nitro groups is 1. The minimum absolute atomic E-state index is 0.0580. The molecule has 0 radical (unpaired) electrons. The molecule has 0 spiro atoms. The fraction of sp³-hybridized carbons (Fsp3) is 0.545. The molecule has 0 saturated carbocycles. The minimum atomic E-state index is -0.417. The first-order valence-corrected chi connectivity index (χ1v) is 5.64. The second-order valence-electron chi connectivity index (χ2n) is 4.20. The van der Waals surface area contributed by atoms with Gasteiger partial charge in [0.05, 0.1) is 17.1 Å². The molecule has 2 unspecified atom stereocenters. The number of aromatic nitrogens is 1. The summed E-state index contributed by atoms with van der Waals surface area (Å²) >= 11 is 0. The Morgan fingerprint density at radius 2 is 2.47 bits per heavy atom. The van der Waals surface area contributed by atoms with Gasteiger partial charge in [-0.15, -0.1) is 0 Å². The van der Waals surface area contributed by atoms with E-state index < -0.39 is 4.92 Å². The molecule has 1 aliphatic rings. The van der Waals surface area contributed by atoms with Gasteiger partial charge < -0.3 is 10.1 Å². The van der Waals surface area contributed by atoms with Crippen molar-refractivity contribution < 1.29 is 9.66 Å². The summed E-state index contributed by atoms with van der Waals surface area (Å²) in [6, 6.07) is 3.12. The van der Waals surface area contributed by atoms with Crippen LogP contribution >= 0.6 is 0 Å². The average Bonchev–Trinajstić information content (AvgIpc) is 2.29. The van der Waals surface area contributed by atoms with E-state index in [1.807, 2.05) is 6.92 Å². The van der Waals surface area contributed by atoms with Gasteiger partial charge in [0.1, 0.15) is 5.82 Å². The summed E-state index contributed by atoms with van der Waals surface area (Å²) in [4.78, 5) is 14.3. The number of nitrogens with one attached hydrogen (secondary N) is 1. The van der Waals surface area contributed by atoms with Gasteiger partial charge in [-0.3, -0.25) is 10.1 Å². The van der Waals surface area contributed by atoms with Crippen LogP contribution in [0.3, 0.4) is 0 Å². The standard InChI is InChI=1S/C11H15N3O3/c1-8-6-9(3-5-17-8)13-11-7-10(14(15)16)2-4-12-11/h2,4,7-9H,3,5-6H2,1H3,(H,12,13). The van der Waals surface area contributed by atoms with Crippen LogP contribution in [0, 0.1) is 10.1 Å².